The SMILES string of the molecule is CCN1CC2(CCN(C(=O)c3ccnc(OC)c3)CC2)OC1=O. The van der Waals surface area contributed by atoms with Crippen LogP contribution in [0.5, 0.6) is 5.88 Å². The molecule has 0 aliphatic carbocycles. The maximum Gasteiger partial charge on any atom is 0.410 e. The number of pyridine rings is 1. The summed E-state index contributed by atoms with van der Waals surface area (Å²) in [5.74, 6) is 0.380. The molecular formula is C16H21N3O4. The minimum absolute atomic E-state index is 0.0442. The van der Waals surface area contributed by atoms with Crippen LogP contribution in [0.25, 0.3) is 0 Å². The Morgan fingerprint density at radius 2 is 2.17 bits per heavy atom. The lowest BCUT2D eigenvalue weighted by molar-refractivity contribution is 0.00313. The summed E-state index contributed by atoms with van der Waals surface area (Å²) in [6.45, 7) is 4.37. The van der Waals surface area contributed by atoms with E-state index in [1.165, 1.54) is 7.11 Å². The van der Waals surface area contributed by atoms with E-state index in [1.807, 2.05) is 6.92 Å². The minimum atomic E-state index is -0.431. The molecule has 2 saturated heterocycles. The topological polar surface area (TPSA) is 72.0 Å². The lowest BCUT2D eigenvalue weighted by Gasteiger charge is -2.37. The molecule has 2 fully saturated rings. The summed E-state index contributed by atoms with van der Waals surface area (Å²) >= 11 is 0. The Morgan fingerprint density at radius 3 is 2.78 bits per heavy atom. The van der Waals surface area contributed by atoms with Gasteiger partial charge in [-0.05, 0) is 13.0 Å². The third kappa shape index (κ3) is 2.95. The van der Waals surface area contributed by atoms with Crippen molar-refractivity contribution in [3.8, 4) is 5.88 Å². The number of hydrogen-bond donors (Lipinski definition) is 0. The van der Waals surface area contributed by atoms with Gasteiger partial charge < -0.3 is 19.3 Å². The number of carbonyl (C=O) groups excluding carboxylic acids is 2. The first kappa shape index (κ1) is 15.6. The van der Waals surface area contributed by atoms with Crippen molar-refractivity contribution in [3.63, 3.8) is 0 Å². The maximum absolute atomic E-state index is 12.6. The third-order valence-electron chi connectivity index (χ3n) is 4.58. The number of rotatable bonds is 3. The first-order valence-corrected chi connectivity index (χ1v) is 7.84. The number of ether oxygens (including phenoxy) is 2. The fraction of sp³-hybridized carbons (Fsp3) is 0.562. The van der Waals surface area contributed by atoms with Crippen LogP contribution < -0.4 is 4.74 Å². The van der Waals surface area contributed by atoms with Gasteiger partial charge in [-0.15, -0.1) is 0 Å². The Morgan fingerprint density at radius 1 is 1.43 bits per heavy atom. The second kappa shape index (κ2) is 6.06. The van der Waals surface area contributed by atoms with Crippen molar-refractivity contribution in [1.29, 1.82) is 0 Å². The Balaban J connectivity index is 1.65. The lowest BCUT2D eigenvalue weighted by atomic mass is 9.91. The van der Waals surface area contributed by atoms with E-state index in [-0.39, 0.29) is 12.0 Å². The van der Waals surface area contributed by atoms with E-state index in [9.17, 15) is 9.59 Å². The molecule has 3 rings (SSSR count). The summed E-state index contributed by atoms with van der Waals surface area (Å²) < 4.78 is 10.6. The zero-order valence-corrected chi connectivity index (χ0v) is 13.4. The lowest BCUT2D eigenvalue weighted by Crippen LogP contribution is -2.48. The number of hydrogen-bond acceptors (Lipinski definition) is 5. The second-order valence-corrected chi connectivity index (χ2v) is 5.94. The normalized spacial score (nSPS) is 19.8. The van der Waals surface area contributed by atoms with Gasteiger partial charge in [-0.25, -0.2) is 9.78 Å². The van der Waals surface area contributed by atoms with E-state index in [1.54, 1.807) is 28.1 Å². The summed E-state index contributed by atoms with van der Waals surface area (Å²) in [6.07, 6.45) is 2.66. The van der Waals surface area contributed by atoms with Gasteiger partial charge in [-0.2, -0.15) is 0 Å². The molecule has 1 aromatic heterocycles. The van der Waals surface area contributed by atoms with Crippen LogP contribution in [0.15, 0.2) is 18.3 Å². The van der Waals surface area contributed by atoms with Crippen molar-refractivity contribution in [3.05, 3.63) is 23.9 Å². The number of aromatic nitrogens is 1. The highest BCUT2D eigenvalue weighted by Gasteiger charge is 2.47. The quantitative estimate of drug-likeness (QED) is 0.845. The first-order chi connectivity index (χ1) is 11.1. The molecule has 0 bridgehead atoms. The van der Waals surface area contributed by atoms with Crippen LogP contribution >= 0.6 is 0 Å². The Hall–Kier alpha value is -2.31. The molecule has 0 saturated carbocycles. The molecule has 7 nitrogen and oxygen atoms in total. The van der Waals surface area contributed by atoms with Gasteiger partial charge in [0.15, 0.2) is 0 Å². The molecule has 0 radical (unpaired) electrons. The van der Waals surface area contributed by atoms with Gasteiger partial charge in [0.2, 0.25) is 5.88 Å². The van der Waals surface area contributed by atoms with Gasteiger partial charge in [0, 0.05) is 50.3 Å². The number of likely N-dealkylation sites (N-methyl/N-ethyl adjacent to an activating group) is 1. The number of piperidine rings is 1. The zero-order chi connectivity index (χ0) is 16.4. The van der Waals surface area contributed by atoms with E-state index < -0.39 is 5.60 Å². The molecule has 0 aromatic carbocycles. The molecule has 0 N–H and O–H groups in total. The van der Waals surface area contributed by atoms with Crippen LogP contribution in [-0.4, -0.2) is 65.7 Å². The van der Waals surface area contributed by atoms with Gasteiger partial charge in [-0.3, -0.25) is 4.79 Å². The molecule has 2 aliphatic heterocycles. The van der Waals surface area contributed by atoms with E-state index >= 15 is 0 Å². The minimum Gasteiger partial charge on any atom is -0.481 e. The number of methoxy groups -OCH3 is 1. The summed E-state index contributed by atoms with van der Waals surface area (Å²) in [7, 11) is 1.52. The molecule has 1 aromatic rings. The average Bonchev–Trinajstić information content (AvgIpc) is 2.90. The van der Waals surface area contributed by atoms with Gasteiger partial charge in [0.05, 0.1) is 13.7 Å². The first-order valence-electron chi connectivity index (χ1n) is 7.84. The summed E-state index contributed by atoms with van der Waals surface area (Å²) in [5, 5.41) is 0. The second-order valence-electron chi connectivity index (χ2n) is 5.94. The zero-order valence-electron chi connectivity index (χ0n) is 13.4. The molecule has 0 atom stereocenters. The van der Waals surface area contributed by atoms with Gasteiger partial charge in [0.1, 0.15) is 5.60 Å². The Kier molecular flexibility index (Phi) is 4.11. The van der Waals surface area contributed by atoms with Gasteiger partial charge in [0.25, 0.3) is 5.91 Å². The van der Waals surface area contributed by atoms with Crippen molar-refractivity contribution in [2.75, 3.05) is 33.3 Å². The number of carbonyl (C=O) groups is 2. The third-order valence-corrected chi connectivity index (χ3v) is 4.58. The standard InChI is InChI=1S/C16H21N3O4/c1-3-18-11-16(23-15(18)21)5-8-19(9-6-16)14(20)12-4-7-17-13(10-12)22-2/h4,7,10H,3,5-6,8-9,11H2,1-2H3. The summed E-state index contributed by atoms with van der Waals surface area (Å²) in [4.78, 5) is 31.9. The van der Waals surface area contributed by atoms with Crippen LogP contribution in [-0.2, 0) is 4.74 Å². The fourth-order valence-electron chi connectivity index (χ4n) is 3.15. The largest absolute Gasteiger partial charge is 0.481 e. The predicted octanol–water partition coefficient (Wildman–Crippen LogP) is 1.54. The van der Waals surface area contributed by atoms with Crippen molar-refractivity contribution in [2.24, 2.45) is 0 Å². The predicted molar refractivity (Wildman–Crippen MR) is 82.4 cm³/mol. The summed E-state index contributed by atoms with van der Waals surface area (Å²) in [6, 6.07) is 3.32. The van der Waals surface area contributed by atoms with E-state index in [2.05, 4.69) is 4.98 Å². The van der Waals surface area contributed by atoms with Crippen molar-refractivity contribution >= 4 is 12.0 Å². The molecule has 1 spiro atoms. The molecule has 124 valence electrons. The van der Waals surface area contributed by atoms with E-state index in [0.717, 1.165) is 0 Å². The van der Waals surface area contributed by atoms with Crippen LogP contribution in [0.3, 0.4) is 0 Å². The van der Waals surface area contributed by atoms with Crippen LogP contribution in [0, 0.1) is 0 Å². The molecule has 3 heterocycles. The van der Waals surface area contributed by atoms with Crippen LogP contribution in [0.4, 0.5) is 4.79 Å². The molecule has 2 amide bonds. The van der Waals surface area contributed by atoms with E-state index in [4.69, 9.17) is 9.47 Å². The van der Waals surface area contributed by atoms with Crippen molar-refractivity contribution < 1.29 is 19.1 Å². The van der Waals surface area contributed by atoms with E-state index in [0.29, 0.717) is 50.5 Å². The molecule has 0 unspecified atom stereocenters. The van der Waals surface area contributed by atoms with Crippen LogP contribution in [0.2, 0.25) is 0 Å². The molecule has 7 heteroatoms. The fourth-order valence-corrected chi connectivity index (χ4v) is 3.15. The highest BCUT2D eigenvalue weighted by Crippen LogP contribution is 2.33. The number of likely N-dealkylation sites (tertiary alicyclic amines) is 1. The smallest absolute Gasteiger partial charge is 0.410 e. The number of nitrogens with zero attached hydrogens (tertiary/aromatic N) is 3. The summed E-state index contributed by atoms with van der Waals surface area (Å²) in [5.41, 5.74) is 0.131. The van der Waals surface area contributed by atoms with Crippen molar-refractivity contribution in [1.82, 2.24) is 14.8 Å². The van der Waals surface area contributed by atoms with Gasteiger partial charge in [-0.1, -0.05) is 0 Å². The monoisotopic (exact) mass is 319 g/mol. The Bertz CT molecular complexity index is 611. The average molecular weight is 319 g/mol. The molecule has 23 heavy (non-hydrogen) atoms. The van der Waals surface area contributed by atoms with Crippen molar-refractivity contribution in [2.45, 2.75) is 25.4 Å². The van der Waals surface area contributed by atoms with Gasteiger partial charge >= 0.3 is 6.09 Å². The maximum atomic E-state index is 12.6. The van der Waals surface area contributed by atoms with Crippen LogP contribution in [0.1, 0.15) is 30.1 Å². The number of amides is 2. The highest BCUT2D eigenvalue weighted by molar-refractivity contribution is 5.94. The Labute approximate surface area is 135 Å². The molecule has 2 aliphatic rings. The molecular weight excluding hydrogens is 298 g/mol. The highest BCUT2D eigenvalue weighted by atomic mass is 16.6.